The van der Waals surface area contributed by atoms with Gasteiger partial charge in [0.05, 0.1) is 0 Å². The summed E-state index contributed by atoms with van der Waals surface area (Å²) < 4.78 is 92.8. The number of halogens is 6. The minimum absolute atomic E-state index is 0.0696. The Morgan fingerprint density at radius 2 is 1.11 bits per heavy atom. The van der Waals surface area contributed by atoms with Crippen LogP contribution in [0.2, 0.25) is 37.8 Å². The largest absolute Gasteiger partial charge is 0.415 e. The molecule has 0 spiro atoms. The summed E-state index contributed by atoms with van der Waals surface area (Å²) in [5, 5.41) is 0. The van der Waals surface area contributed by atoms with Gasteiger partial charge in [0.1, 0.15) is 0 Å². The molecule has 0 aliphatic heterocycles. The first-order valence-electron chi connectivity index (χ1n) is 8.83. The number of hydrogen-bond acceptors (Lipinski definition) is 4. The summed E-state index contributed by atoms with van der Waals surface area (Å²) in [6.07, 6.45) is -9.45. The van der Waals surface area contributed by atoms with Gasteiger partial charge < -0.3 is 17.5 Å². The average Bonchev–Trinajstić information content (AvgIpc) is 2.49. The van der Waals surface area contributed by atoms with Crippen molar-refractivity contribution in [1.82, 2.24) is 0 Å². The van der Waals surface area contributed by atoms with E-state index in [0.717, 1.165) is 0 Å². The van der Waals surface area contributed by atoms with Gasteiger partial charge in [0, 0.05) is 25.9 Å². The highest BCUT2D eigenvalue weighted by molar-refractivity contribution is 6.85. The fraction of sp³-hybridized carbons (Fsp3) is 1.00. The Hall–Kier alpha value is 0.0706. The van der Waals surface area contributed by atoms with Crippen LogP contribution in [0.3, 0.4) is 0 Å². The molecule has 0 aromatic rings. The molecule has 164 valence electrons. The molecule has 1 N–H and O–H groups in total. The number of rotatable bonds is 15. The highest BCUT2D eigenvalue weighted by Crippen LogP contribution is 2.31. The van der Waals surface area contributed by atoms with Gasteiger partial charge in [-0.1, -0.05) is 0 Å². The normalized spacial score (nSPS) is 19.3. The number of alkyl halides is 6. The fourth-order valence-corrected chi connectivity index (χ4v) is 15.5. The van der Waals surface area contributed by atoms with Crippen molar-refractivity contribution in [2.75, 3.05) is 6.61 Å². The molecule has 0 heterocycles. The molecular weight excluding hydrogens is 430 g/mol. The zero-order valence-corrected chi connectivity index (χ0v) is 19.1. The van der Waals surface area contributed by atoms with Crippen LogP contribution in [0.1, 0.15) is 26.2 Å². The van der Waals surface area contributed by atoms with Crippen LogP contribution in [0.15, 0.2) is 0 Å². The molecule has 4 nitrogen and oxygen atoms in total. The van der Waals surface area contributed by atoms with E-state index in [1.54, 1.807) is 13.5 Å². The monoisotopic (exact) mass is 460 g/mol. The summed E-state index contributed by atoms with van der Waals surface area (Å²) in [4.78, 5) is 10.4. The Labute approximate surface area is 159 Å². The predicted octanol–water partition coefficient (Wildman–Crippen LogP) is 5.23. The lowest BCUT2D eigenvalue weighted by Gasteiger charge is -2.40. The molecule has 3 unspecified atom stereocenters. The van der Waals surface area contributed by atoms with Crippen LogP contribution >= 0.6 is 0 Å². The van der Waals surface area contributed by atoms with E-state index in [4.69, 9.17) is 12.7 Å². The van der Waals surface area contributed by atoms with E-state index in [9.17, 15) is 31.1 Å². The van der Waals surface area contributed by atoms with E-state index in [1.165, 1.54) is 13.1 Å². The van der Waals surface area contributed by atoms with Crippen molar-refractivity contribution >= 4 is 25.7 Å². The van der Waals surface area contributed by atoms with Gasteiger partial charge >= 0.3 is 25.7 Å². The molecule has 0 aromatic heterocycles. The molecule has 0 aliphatic carbocycles. The average molecular weight is 461 g/mol. The second-order valence-corrected chi connectivity index (χ2v) is 17.2. The van der Waals surface area contributed by atoms with Crippen LogP contribution in [-0.2, 0) is 12.7 Å². The second-order valence-electron chi connectivity index (χ2n) is 6.87. The Bertz CT molecular complexity index is 422. The Morgan fingerprint density at radius 1 is 0.704 bits per heavy atom. The molecular formula is C14H30F6O4Si3. The van der Waals surface area contributed by atoms with E-state index in [0.29, 0.717) is 0 Å². The zero-order valence-electron chi connectivity index (χ0n) is 16.1. The number of hydrogen-bond donors (Lipinski definition) is 1. The Morgan fingerprint density at radius 3 is 1.52 bits per heavy atom. The van der Waals surface area contributed by atoms with E-state index in [1.807, 2.05) is 0 Å². The van der Waals surface area contributed by atoms with Crippen LogP contribution in [0, 0.1) is 0 Å². The summed E-state index contributed by atoms with van der Waals surface area (Å²) >= 11 is 0. The van der Waals surface area contributed by atoms with E-state index >= 15 is 0 Å². The van der Waals surface area contributed by atoms with Crippen molar-refractivity contribution in [3.05, 3.63) is 0 Å². The van der Waals surface area contributed by atoms with Gasteiger partial charge in [0.15, 0.2) is 0 Å². The maximum absolute atomic E-state index is 12.7. The predicted molar refractivity (Wildman–Crippen MR) is 97.2 cm³/mol. The lowest BCUT2D eigenvalue weighted by atomic mass is 10.5. The van der Waals surface area contributed by atoms with Gasteiger partial charge in [-0.2, -0.15) is 0 Å². The quantitative estimate of drug-likeness (QED) is 0.269. The topological polar surface area (TPSA) is 47.9 Å². The van der Waals surface area contributed by atoms with Crippen molar-refractivity contribution in [1.29, 1.82) is 0 Å². The summed E-state index contributed by atoms with van der Waals surface area (Å²) in [6, 6.07) is -0.554. The van der Waals surface area contributed by atoms with Crippen molar-refractivity contribution in [2.45, 2.75) is 83.2 Å². The zero-order chi connectivity index (χ0) is 21.3. The van der Waals surface area contributed by atoms with Crippen molar-refractivity contribution in [2.24, 2.45) is 0 Å². The second kappa shape index (κ2) is 11.9. The highest BCUT2D eigenvalue weighted by Gasteiger charge is 2.47. The molecule has 0 aliphatic rings. The van der Waals surface area contributed by atoms with E-state index in [2.05, 4.69) is 0 Å². The summed E-state index contributed by atoms with van der Waals surface area (Å²) in [7, 11) is -10.3. The van der Waals surface area contributed by atoms with Crippen LogP contribution < -0.4 is 0 Å². The third kappa shape index (κ3) is 13.0. The minimum Gasteiger partial charge on any atom is -0.415 e. The molecule has 0 bridgehead atoms. The molecule has 0 saturated heterocycles. The van der Waals surface area contributed by atoms with Gasteiger partial charge in [0.25, 0.3) is 0 Å². The molecule has 0 radical (unpaired) electrons. The first-order valence-corrected chi connectivity index (χ1v) is 16.4. The van der Waals surface area contributed by atoms with E-state index < -0.39 is 64.2 Å². The van der Waals surface area contributed by atoms with Crippen molar-refractivity contribution in [3.8, 4) is 0 Å². The van der Waals surface area contributed by atoms with Gasteiger partial charge in [-0.05, 0) is 44.7 Å². The molecule has 0 saturated carbocycles. The maximum Gasteiger partial charge on any atom is 0.326 e. The maximum atomic E-state index is 12.7. The minimum atomic E-state index is -3.61. The molecule has 0 amide bonds. The fourth-order valence-electron chi connectivity index (χ4n) is 2.67. The van der Waals surface area contributed by atoms with Gasteiger partial charge in [-0.3, -0.25) is 0 Å². The lowest BCUT2D eigenvalue weighted by Crippen LogP contribution is -2.57. The Balaban J connectivity index is 5.36. The lowest BCUT2D eigenvalue weighted by molar-refractivity contribution is 0.132. The summed E-state index contributed by atoms with van der Waals surface area (Å²) in [5.41, 5.74) is 0. The third-order valence-corrected chi connectivity index (χ3v) is 15.2. The first kappa shape index (κ1) is 27.1. The molecule has 27 heavy (non-hydrogen) atoms. The van der Waals surface area contributed by atoms with Gasteiger partial charge in [-0.25, -0.2) is 26.3 Å². The van der Waals surface area contributed by atoms with Crippen LogP contribution in [-0.4, -0.2) is 56.4 Å². The van der Waals surface area contributed by atoms with E-state index in [-0.39, 0.29) is 24.7 Å². The van der Waals surface area contributed by atoms with Crippen molar-refractivity contribution in [3.63, 3.8) is 0 Å². The third-order valence-electron chi connectivity index (χ3n) is 3.78. The first-order chi connectivity index (χ1) is 12.2. The molecule has 3 atom stereocenters. The van der Waals surface area contributed by atoms with Gasteiger partial charge in [0.2, 0.25) is 19.3 Å². The smallest absolute Gasteiger partial charge is 0.326 e. The van der Waals surface area contributed by atoms with Crippen LogP contribution in [0.25, 0.3) is 0 Å². The SMILES string of the molecule is CCO[Si](C)(CCC(F)F)O[Si](C)(CCC(F)F)O[Si](C)(O)CCC(F)F. The molecule has 0 fully saturated rings. The Kier molecular flexibility index (Phi) is 12.0. The van der Waals surface area contributed by atoms with Crippen molar-refractivity contribution < 1.29 is 43.8 Å². The standard InChI is InChI=1S/C14H30F6O4Si3/c1-5-22-26(3,10-7-13(17)18)24-27(4,11-8-14(19)20)23-25(2,21)9-6-12(15)16/h12-14,21H,5-11H2,1-4H3. The summed E-state index contributed by atoms with van der Waals surface area (Å²) in [6.45, 7) is 6.14. The van der Waals surface area contributed by atoms with Crippen LogP contribution in [0.4, 0.5) is 26.3 Å². The van der Waals surface area contributed by atoms with Crippen LogP contribution in [0.5, 0.6) is 0 Å². The highest BCUT2D eigenvalue weighted by atomic mass is 28.5. The summed E-state index contributed by atoms with van der Waals surface area (Å²) in [5.74, 6) is 0. The van der Waals surface area contributed by atoms with Gasteiger partial charge in [-0.15, -0.1) is 0 Å². The molecule has 13 heteroatoms. The molecule has 0 rings (SSSR count). The molecule has 0 aromatic carbocycles.